The Morgan fingerprint density at radius 1 is 1.21 bits per heavy atom. The summed E-state index contributed by atoms with van der Waals surface area (Å²) in [6.07, 6.45) is 2.11. The van der Waals surface area contributed by atoms with Gasteiger partial charge in [-0.15, -0.1) is 0 Å². The van der Waals surface area contributed by atoms with Crippen molar-refractivity contribution in [3.63, 3.8) is 0 Å². The second kappa shape index (κ2) is 7.56. The van der Waals surface area contributed by atoms with Gasteiger partial charge in [0.05, 0.1) is 16.7 Å². The smallest absolute Gasteiger partial charge is 0.169 e. The van der Waals surface area contributed by atoms with Crippen LogP contribution < -0.4 is 5.32 Å². The molecule has 2 aliphatic rings. The minimum absolute atomic E-state index is 0.0513. The third kappa shape index (κ3) is 3.37. The third-order valence-electron chi connectivity index (χ3n) is 6.34. The van der Waals surface area contributed by atoms with Crippen LogP contribution in [-0.2, 0) is 0 Å². The molecule has 0 aliphatic carbocycles. The summed E-state index contributed by atoms with van der Waals surface area (Å²) in [6.45, 7) is 5.96. The molecular weight excluding hydrogens is 384 g/mol. The van der Waals surface area contributed by atoms with Crippen LogP contribution in [0.3, 0.4) is 0 Å². The number of carbonyl (C=O) groups excluding carboxylic acids is 1. The van der Waals surface area contributed by atoms with Crippen LogP contribution in [0.4, 0.5) is 0 Å². The Bertz CT molecular complexity index is 1070. The van der Waals surface area contributed by atoms with E-state index in [9.17, 15) is 4.79 Å². The van der Waals surface area contributed by atoms with Crippen LogP contribution >= 0.6 is 11.6 Å². The number of imidazole rings is 1. The molecule has 2 aromatic carbocycles. The molecule has 0 spiro atoms. The van der Waals surface area contributed by atoms with Crippen LogP contribution in [-0.4, -0.2) is 52.5 Å². The summed E-state index contributed by atoms with van der Waals surface area (Å²) in [5, 5.41) is 4.10. The Morgan fingerprint density at radius 3 is 2.90 bits per heavy atom. The van der Waals surface area contributed by atoms with Gasteiger partial charge in [-0.1, -0.05) is 23.7 Å². The van der Waals surface area contributed by atoms with E-state index in [1.165, 1.54) is 6.42 Å². The Balaban J connectivity index is 1.50. The summed E-state index contributed by atoms with van der Waals surface area (Å²) in [7, 11) is 0. The number of carbonyl (C=O) groups is 1. The van der Waals surface area contributed by atoms with Crippen LogP contribution in [0.15, 0.2) is 42.5 Å². The highest BCUT2D eigenvalue weighted by atomic mass is 35.5. The van der Waals surface area contributed by atoms with E-state index in [0.717, 1.165) is 60.7 Å². The van der Waals surface area contributed by atoms with Crippen LogP contribution in [0.25, 0.3) is 16.7 Å². The number of benzene rings is 2. The zero-order valence-electron chi connectivity index (χ0n) is 16.6. The van der Waals surface area contributed by atoms with Gasteiger partial charge in [0, 0.05) is 35.6 Å². The number of fused-ring (bicyclic) bond motifs is 1. The highest BCUT2D eigenvalue weighted by molar-refractivity contribution is 6.31. The lowest BCUT2D eigenvalue weighted by atomic mass is 9.95. The van der Waals surface area contributed by atoms with E-state index in [1.54, 1.807) is 0 Å². The van der Waals surface area contributed by atoms with Gasteiger partial charge in [-0.25, -0.2) is 4.98 Å². The van der Waals surface area contributed by atoms with E-state index < -0.39 is 0 Å². The van der Waals surface area contributed by atoms with Gasteiger partial charge in [0.2, 0.25) is 0 Å². The van der Waals surface area contributed by atoms with Crippen molar-refractivity contribution in [3.8, 4) is 5.69 Å². The number of hydrogen-bond donors (Lipinski definition) is 1. The summed E-state index contributed by atoms with van der Waals surface area (Å²) in [5.74, 6) is 1.14. The molecule has 2 atom stereocenters. The van der Waals surface area contributed by atoms with Gasteiger partial charge in [0.25, 0.3) is 0 Å². The molecule has 3 aromatic rings. The van der Waals surface area contributed by atoms with Gasteiger partial charge in [-0.05, 0) is 63.2 Å². The maximum absolute atomic E-state index is 13.5. The number of hydrogen-bond acceptors (Lipinski definition) is 4. The molecular formula is C23H25ClN4O. The number of ketones is 1. The van der Waals surface area contributed by atoms with Crippen molar-refractivity contribution in [2.24, 2.45) is 5.92 Å². The minimum Gasteiger partial charge on any atom is -0.315 e. The Hall–Kier alpha value is -2.21. The van der Waals surface area contributed by atoms with E-state index >= 15 is 0 Å². The predicted octanol–water partition coefficient (Wildman–Crippen LogP) is 3.85. The maximum Gasteiger partial charge on any atom is 0.169 e. The Labute approximate surface area is 175 Å². The van der Waals surface area contributed by atoms with Crippen molar-refractivity contribution in [1.29, 1.82) is 0 Å². The molecule has 150 valence electrons. The molecule has 1 aromatic heterocycles. The molecule has 6 heteroatoms. The van der Waals surface area contributed by atoms with Crippen LogP contribution in [0.2, 0.25) is 5.02 Å². The number of nitrogens with one attached hydrogen (secondary N) is 1. The monoisotopic (exact) mass is 408 g/mol. The summed E-state index contributed by atoms with van der Waals surface area (Å²) >= 11 is 6.25. The number of aromatic nitrogens is 2. The van der Waals surface area contributed by atoms with E-state index in [-0.39, 0.29) is 11.7 Å². The molecule has 2 fully saturated rings. The molecule has 2 aliphatic heterocycles. The first kappa shape index (κ1) is 18.8. The van der Waals surface area contributed by atoms with Crippen molar-refractivity contribution in [1.82, 2.24) is 19.8 Å². The van der Waals surface area contributed by atoms with E-state index in [0.29, 0.717) is 11.1 Å². The van der Waals surface area contributed by atoms with Crippen molar-refractivity contribution in [2.75, 3.05) is 26.2 Å². The van der Waals surface area contributed by atoms with Gasteiger partial charge in [0.15, 0.2) is 5.78 Å². The van der Waals surface area contributed by atoms with Crippen LogP contribution in [0, 0.1) is 12.8 Å². The number of Topliss-reactive ketones (excluding diaryl/α,β-unsaturated/α-hetero) is 1. The number of para-hydroxylation sites is 1. The third-order valence-corrected chi connectivity index (χ3v) is 6.57. The number of aryl methyl sites for hydroxylation is 1. The average molecular weight is 409 g/mol. The number of rotatable bonds is 4. The molecule has 0 radical (unpaired) electrons. The van der Waals surface area contributed by atoms with Gasteiger partial charge in [-0.2, -0.15) is 0 Å². The SMILES string of the molecule is Cc1nc2ccc(Cl)cc2n1-c1ccccc1C(=O)C1CCN(C2CCNC2)C1. The second-order valence-corrected chi connectivity index (χ2v) is 8.57. The van der Waals surface area contributed by atoms with Crippen LogP contribution in [0.5, 0.6) is 0 Å². The first-order chi connectivity index (χ1) is 14.1. The molecule has 29 heavy (non-hydrogen) atoms. The van der Waals surface area contributed by atoms with Crippen molar-refractivity contribution in [3.05, 3.63) is 58.9 Å². The fourth-order valence-electron chi connectivity index (χ4n) is 4.85. The molecule has 0 amide bonds. The summed E-state index contributed by atoms with van der Waals surface area (Å²) in [5.41, 5.74) is 3.47. The normalized spacial score (nSPS) is 22.6. The van der Waals surface area contributed by atoms with Crippen molar-refractivity contribution >= 4 is 28.4 Å². The largest absolute Gasteiger partial charge is 0.315 e. The Morgan fingerprint density at radius 2 is 2.07 bits per heavy atom. The van der Waals surface area contributed by atoms with Crippen molar-refractivity contribution in [2.45, 2.75) is 25.8 Å². The predicted molar refractivity (Wildman–Crippen MR) is 116 cm³/mol. The Kier molecular flexibility index (Phi) is 4.90. The lowest BCUT2D eigenvalue weighted by Crippen LogP contribution is -2.35. The standard InChI is InChI=1S/C23H25ClN4O/c1-15-26-20-7-6-17(24)12-22(20)28(15)21-5-3-2-4-19(21)23(29)16-9-11-27(14-16)18-8-10-25-13-18/h2-7,12,16,18,25H,8-11,13-14H2,1H3. The van der Waals surface area contributed by atoms with E-state index in [4.69, 9.17) is 11.6 Å². The minimum atomic E-state index is 0.0513. The fourth-order valence-corrected chi connectivity index (χ4v) is 5.02. The first-order valence-corrected chi connectivity index (χ1v) is 10.7. The molecule has 5 rings (SSSR count). The quantitative estimate of drug-likeness (QED) is 0.666. The van der Waals surface area contributed by atoms with Gasteiger partial charge >= 0.3 is 0 Å². The van der Waals surface area contributed by atoms with E-state index in [1.807, 2.05) is 49.4 Å². The molecule has 0 saturated carbocycles. The molecule has 1 N–H and O–H groups in total. The molecule has 2 saturated heterocycles. The first-order valence-electron chi connectivity index (χ1n) is 10.3. The average Bonchev–Trinajstić information content (AvgIpc) is 3.46. The molecule has 5 nitrogen and oxygen atoms in total. The topological polar surface area (TPSA) is 50.2 Å². The summed E-state index contributed by atoms with van der Waals surface area (Å²) in [6, 6.07) is 14.2. The maximum atomic E-state index is 13.5. The van der Waals surface area contributed by atoms with Crippen molar-refractivity contribution < 1.29 is 4.79 Å². The number of halogens is 1. The highest BCUT2D eigenvalue weighted by Gasteiger charge is 2.34. The molecule has 3 heterocycles. The number of nitrogens with zero attached hydrogens (tertiary/aromatic N) is 3. The fraction of sp³-hybridized carbons (Fsp3) is 0.391. The zero-order chi connectivity index (χ0) is 20.0. The van der Waals surface area contributed by atoms with E-state index in [2.05, 4.69) is 19.8 Å². The van der Waals surface area contributed by atoms with Crippen LogP contribution in [0.1, 0.15) is 29.0 Å². The number of likely N-dealkylation sites (tertiary alicyclic amines) is 1. The van der Waals surface area contributed by atoms with Gasteiger partial charge in [0.1, 0.15) is 5.82 Å². The second-order valence-electron chi connectivity index (χ2n) is 8.14. The zero-order valence-corrected chi connectivity index (χ0v) is 17.3. The van der Waals surface area contributed by atoms with Gasteiger partial charge < -0.3 is 5.32 Å². The lowest BCUT2D eigenvalue weighted by Gasteiger charge is -2.22. The summed E-state index contributed by atoms with van der Waals surface area (Å²) < 4.78 is 2.06. The lowest BCUT2D eigenvalue weighted by molar-refractivity contribution is 0.0919. The highest BCUT2D eigenvalue weighted by Crippen LogP contribution is 2.30. The summed E-state index contributed by atoms with van der Waals surface area (Å²) in [4.78, 5) is 20.7. The molecule has 0 bridgehead atoms. The molecule has 2 unspecified atom stereocenters. The van der Waals surface area contributed by atoms with Gasteiger partial charge in [-0.3, -0.25) is 14.3 Å².